The van der Waals surface area contributed by atoms with Crippen molar-refractivity contribution in [2.24, 2.45) is 28.6 Å². The highest BCUT2D eigenvalue weighted by atomic mass is 16.4. The van der Waals surface area contributed by atoms with Crippen LogP contribution in [0.5, 0.6) is 0 Å². The third-order valence-corrected chi connectivity index (χ3v) is 8.02. The van der Waals surface area contributed by atoms with E-state index in [4.69, 9.17) is 5.11 Å². The lowest BCUT2D eigenvalue weighted by Crippen LogP contribution is -2.50. The van der Waals surface area contributed by atoms with Gasteiger partial charge in [0.15, 0.2) is 5.78 Å². The van der Waals surface area contributed by atoms with Gasteiger partial charge in [0.25, 0.3) is 0 Å². The Kier molecular flexibility index (Phi) is 3.77. The van der Waals surface area contributed by atoms with Crippen molar-refractivity contribution in [2.45, 2.75) is 64.9 Å². The molecular weight excluding hydrogens is 316 g/mol. The first-order valence-electron chi connectivity index (χ1n) is 9.61. The second-order valence-electron chi connectivity index (χ2n) is 9.15. The van der Waals surface area contributed by atoms with Gasteiger partial charge in [0.05, 0.1) is 6.10 Å². The van der Waals surface area contributed by atoms with E-state index >= 15 is 0 Å². The summed E-state index contributed by atoms with van der Waals surface area (Å²) in [6.45, 7) is 4.42. The van der Waals surface area contributed by atoms with Gasteiger partial charge in [-0.15, -0.1) is 0 Å². The van der Waals surface area contributed by atoms with E-state index in [1.165, 1.54) is 5.57 Å². The summed E-state index contributed by atoms with van der Waals surface area (Å²) < 4.78 is 0. The number of aliphatic hydroxyl groups is 1. The van der Waals surface area contributed by atoms with Crippen molar-refractivity contribution in [3.05, 3.63) is 23.3 Å². The van der Waals surface area contributed by atoms with Crippen molar-refractivity contribution in [3.8, 4) is 0 Å². The number of carbonyl (C=O) groups excluding carboxylic acids is 1. The highest BCUT2D eigenvalue weighted by molar-refractivity contribution is 6.06. The number of allylic oxidation sites excluding steroid dienone is 2. The van der Waals surface area contributed by atoms with Crippen LogP contribution in [0.15, 0.2) is 23.3 Å². The van der Waals surface area contributed by atoms with Gasteiger partial charge in [0.2, 0.25) is 0 Å². The predicted octanol–water partition coefficient (Wildman–Crippen LogP) is 3.50. The summed E-state index contributed by atoms with van der Waals surface area (Å²) in [5, 5.41) is 19.2. The molecule has 2 N–H and O–H groups in total. The third-order valence-electron chi connectivity index (χ3n) is 8.02. The van der Waals surface area contributed by atoms with Crippen molar-refractivity contribution in [2.75, 3.05) is 0 Å². The first kappa shape index (κ1) is 17.0. The summed E-state index contributed by atoms with van der Waals surface area (Å²) in [4.78, 5) is 24.0. The van der Waals surface area contributed by atoms with Crippen LogP contribution in [-0.4, -0.2) is 28.1 Å². The molecule has 3 saturated carbocycles. The van der Waals surface area contributed by atoms with E-state index in [9.17, 15) is 14.7 Å². The number of fused-ring (bicyclic) bond motifs is 5. The Hall–Kier alpha value is -1.42. The Morgan fingerprint density at radius 3 is 2.60 bits per heavy atom. The molecular formula is C21H28O4. The number of carbonyl (C=O) groups is 2. The molecule has 0 heterocycles. The monoisotopic (exact) mass is 344 g/mol. The lowest BCUT2D eigenvalue weighted by atomic mass is 9.48. The van der Waals surface area contributed by atoms with Crippen LogP contribution < -0.4 is 0 Å². The number of hydrogen-bond donors (Lipinski definition) is 2. The molecule has 3 fully saturated rings. The van der Waals surface area contributed by atoms with Crippen LogP contribution in [0.3, 0.4) is 0 Å². The molecule has 25 heavy (non-hydrogen) atoms. The number of aliphatic hydroxyl groups excluding tert-OH is 1. The van der Waals surface area contributed by atoms with E-state index in [0.717, 1.165) is 44.6 Å². The zero-order valence-electron chi connectivity index (χ0n) is 15.1. The maximum Gasteiger partial charge on any atom is 0.328 e. The summed E-state index contributed by atoms with van der Waals surface area (Å²) in [6.07, 6.45) is 9.43. The number of Topliss-reactive ketones (excluding diaryl/α,β-unsaturated/α-hetero) is 1. The number of rotatable bonds is 1. The zero-order valence-corrected chi connectivity index (χ0v) is 15.1. The smallest absolute Gasteiger partial charge is 0.328 e. The molecule has 0 aromatic heterocycles. The molecule has 4 aliphatic rings. The minimum Gasteiger partial charge on any atom is -0.478 e. The van der Waals surface area contributed by atoms with Crippen molar-refractivity contribution in [1.29, 1.82) is 0 Å². The molecule has 4 nitrogen and oxygen atoms in total. The topological polar surface area (TPSA) is 74.6 Å². The van der Waals surface area contributed by atoms with Crippen LogP contribution in [0, 0.1) is 28.6 Å². The average Bonchev–Trinajstić information content (AvgIpc) is 2.79. The SMILES string of the molecule is CC12CCC3C(CC=C4CC(O)CCC43C)C1CC(=CC(=O)O)C2=O. The summed E-state index contributed by atoms with van der Waals surface area (Å²) in [5.74, 6) is 0.311. The summed E-state index contributed by atoms with van der Waals surface area (Å²) >= 11 is 0. The lowest BCUT2D eigenvalue weighted by molar-refractivity contribution is -0.133. The van der Waals surface area contributed by atoms with Crippen molar-refractivity contribution in [3.63, 3.8) is 0 Å². The number of carboxylic acids is 1. The van der Waals surface area contributed by atoms with Crippen LogP contribution >= 0.6 is 0 Å². The van der Waals surface area contributed by atoms with Crippen molar-refractivity contribution < 1.29 is 19.8 Å². The number of carboxylic acid groups (broad SMARTS) is 1. The Balaban J connectivity index is 1.69. The fraction of sp³-hybridized carbons (Fsp3) is 0.714. The first-order valence-corrected chi connectivity index (χ1v) is 9.61. The van der Waals surface area contributed by atoms with Crippen molar-refractivity contribution >= 4 is 11.8 Å². The molecule has 0 bridgehead atoms. The Morgan fingerprint density at radius 1 is 1.16 bits per heavy atom. The Labute approximate surface area is 149 Å². The molecule has 4 rings (SSSR count). The quantitative estimate of drug-likeness (QED) is 0.564. The van der Waals surface area contributed by atoms with Gasteiger partial charge in [0.1, 0.15) is 0 Å². The van der Waals surface area contributed by atoms with Gasteiger partial charge in [-0.1, -0.05) is 25.5 Å². The number of ketones is 1. The number of aliphatic carboxylic acids is 1. The fourth-order valence-electron chi connectivity index (χ4n) is 6.59. The van der Waals surface area contributed by atoms with Crippen molar-refractivity contribution in [1.82, 2.24) is 0 Å². The van der Waals surface area contributed by atoms with Gasteiger partial charge in [0, 0.05) is 17.1 Å². The van der Waals surface area contributed by atoms with Crippen LogP contribution in [0.1, 0.15) is 58.8 Å². The van der Waals surface area contributed by atoms with E-state index in [2.05, 4.69) is 19.9 Å². The van der Waals surface area contributed by atoms with Gasteiger partial charge in [-0.05, 0) is 68.1 Å². The second kappa shape index (κ2) is 5.54. The molecule has 0 aliphatic heterocycles. The number of hydrogen-bond acceptors (Lipinski definition) is 3. The maximum absolute atomic E-state index is 12.9. The van der Waals surface area contributed by atoms with Crippen LogP contribution in [-0.2, 0) is 9.59 Å². The molecule has 0 aromatic carbocycles. The molecule has 6 unspecified atom stereocenters. The molecule has 0 aromatic rings. The van der Waals surface area contributed by atoms with Gasteiger partial charge >= 0.3 is 5.97 Å². The molecule has 4 heteroatoms. The van der Waals surface area contributed by atoms with Crippen LogP contribution in [0.2, 0.25) is 0 Å². The molecule has 136 valence electrons. The Bertz CT molecular complexity index is 690. The first-order chi connectivity index (χ1) is 11.8. The average molecular weight is 344 g/mol. The summed E-state index contributed by atoms with van der Waals surface area (Å²) in [5.41, 5.74) is 1.69. The largest absolute Gasteiger partial charge is 0.478 e. The molecule has 0 saturated heterocycles. The van der Waals surface area contributed by atoms with Crippen LogP contribution in [0.25, 0.3) is 0 Å². The van der Waals surface area contributed by atoms with E-state index in [1.54, 1.807) is 0 Å². The minimum absolute atomic E-state index is 0.0670. The Morgan fingerprint density at radius 2 is 1.88 bits per heavy atom. The van der Waals surface area contributed by atoms with E-state index < -0.39 is 11.4 Å². The molecule has 6 atom stereocenters. The third kappa shape index (κ3) is 2.37. The summed E-state index contributed by atoms with van der Waals surface area (Å²) in [6, 6.07) is 0. The predicted molar refractivity (Wildman–Crippen MR) is 93.8 cm³/mol. The maximum atomic E-state index is 12.9. The molecule has 4 aliphatic carbocycles. The second-order valence-corrected chi connectivity index (χ2v) is 9.15. The fourth-order valence-corrected chi connectivity index (χ4v) is 6.59. The van der Waals surface area contributed by atoms with Crippen LogP contribution in [0.4, 0.5) is 0 Å². The van der Waals surface area contributed by atoms with Gasteiger partial charge in [-0.25, -0.2) is 4.79 Å². The van der Waals surface area contributed by atoms with Gasteiger partial charge in [-0.3, -0.25) is 4.79 Å². The van der Waals surface area contributed by atoms with Gasteiger partial charge in [-0.2, -0.15) is 0 Å². The highest BCUT2D eigenvalue weighted by Gasteiger charge is 2.59. The van der Waals surface area contributed by atoms with Gasteiger partial charge < -0.3 is 10.2 Å². The molecule has 0 radical (unpaired) electrons. The zero-order chi connectivity index (χ0) is 18.0. The highest BCUT2D eigenvalue weighted by Crippen LogP contribution is 2.64. The normalized spacial score (nSPS) is 47.7. The molecule has 0 amide bonds. The summed E-state index contributed by atoms with van der Waals surface area (Å²) in [7, 11) is 0. The van der Waals surface area contributed by atoms with E-state index in [0.29, 0.717) is 23.8 Å². The standard InChI is InChI=1S/C21H28O4/c1-20-7-5-14(22)11-13(20)3-4-15-16(20)6-8-21(2)17(15)9-12(19(21)25)10-18(23)24/h3,10,14-17,22H,4-9,11H2,1-2H3,(H,23,24). The van der Waals surface area contributed by atoms with E-state index in [-0.39, 0.29) is 23.2 Å². The van der Waals surface area contributed by atoms with E-state index in [1.807, 2.05) is 0 Å². The molecule has 0 spiro atoms. The minimum atomic E-state index is -1.01. The lowest BCUT2D eigenvalue weighted by Gasteiger charge is -2.56.